The van der Waals surface area contributed by atoms with Gasteiger partial charge in [-0.05, 0) is 35.7 Å². The lowest BCUT2D eigenvalue weighted by Crippen LogP contribution is -2.46. The Bertz CT molecular complexity index is 642. The molecule has 23 heavy (non-hydrogen) atoms. The zero-order chi connectivity index (χ0) is 16.7. The number of hydrogen-bond acceptors (Lipinski definition) is 3. The summed E-state index contributed by atoms with van der Waals surface area (Å²) >= 11 is 0. The van der Waals surface area contributed by atoms with E-state index in [0.717, 1.165) is 24.0 Å². The molecular formula is C19H26N2O2. The number of hydrogen-bond donors (Lipinski definition) is 2. The third kappa shape index (κ3) is 4.02. The molecule has 0 aliphatic rings. The summed E-state index contributed by atoms with van der Waals surface area (Å²) in [6.45, 7) is 5.30. The van der Waals surface area contributed by atoms with Crippen molar-refractivity contribution in [3.8, 4) is 5.75 Å². The zero-order valence-electron chi connectivity index (χ0n) is 14.0. The minimum atomic E-state index is -0.455. The maximum Gasteiger partial charge on any atom is 0.227 e. The Morgan fingerprint density at radius 3 is 2.48 bits per heavy atom. The van der Waals surface area contributed by atoms with Crippen molar-refractivity contribution < 1.29 is 9.53 Å². The summed E-state index contributed by atoms with van der Waals surface area (Å²) in [5.74, 6) is 0.834. The molecular weight excluding hydrogens is 288 g/mol. The monoisotopic (exact) mass is 314 g/mol. The van der Waals surface area contributed by atoms with Crippen LogP contribution in [0.15, 0.2) is 42.5 Å². The van der Waals surface area contributed by atoms with E-state index >= 15 is 0 Å². The van der Waals surface area contributed by atoms with Crippen molar-refractivity contribution in [2.75, 3.05) is 19.7 Å². The maximum atomic E-state index is 12.3. The summed E-state index contributed by atoms with van der Waals surface area (Å²) in [5.41, 5.74) is 5.33. The van der Waals surface area contributed by atoms with Crippen molar-refractivity contribution in [1.29, 1.82) is 0 Å². The molecule has 0 fully saturated rings. The molecule has 0 spiro atoms. The first-order valence-electron chi connectivity index (χ1n) is 8.25. The highest BCUT2D eigenvalue weighted by Crippen LogP contribution is 2.25. The van der Waals surface area contributed by atoms with E-state index in [-0.39, 0.29) is 5.91 Å². The number of fused-ring (bicyclic) bond motifs is 1. The molecule has 0 radical (unpaired) electrons. The Morgan fingerprint density at radius 2 is 1.83 bits per heavy atom. The second-order valence-electron chi connectivity index (χ2n) is 5.80. The highest BCUT2D eigenvalue weighted by molar-refractivity contribution is 5.84. The van der Waals surface area contributed by atoms with Crippen molar-refractivity contribution in [3.63, 3.8) is 0 Å². The van der Waals surface area contributed by atoms with Crippen molar-refractivity contribution in [2.45, 2.75) is 26.7 Å². The van der Waals surface area contributed by atoms with Crippen LogP contribution in [-0.4, -0.2) is 25.6 Å². The molecule has 0 heterocycles. The molecule has 0 bridgehead atoms. The molecule has 0 saturated heterocycles. The Balaban J connectivity index is 1.85. The first-order chi connectivity index (χ1) is 11.1. The van der Waals surface area contributed by atoms with Gasteiger partial charge in [0.1, 0.15) is 12.4 Å². The SMILES string of the molecule is CCC(CC)(CN)C(=O)NCCOc1ccc2ccccc2c1. The molecule has 2 aromatic rings. The van der Waals surface area contributed by atoms with Crippen LogP contribution in [0.5, 0.6) is 5.75 Å². The molecule has 0 aliphatic heterocycles. The van der Waals surface area contributed by atoms with Crippen LogP contribution >= 0.6 is 0 Å². The van der Waals surface area contributed by atoms with Crippen LogP contribution < -0.4 is 15.8 Å². The largest absolute Gasteiger partial charge is 0.492 e. The first-order valence-corrected chi connectivity index (χ1v) is 8.25. The van der Waals surface area contributed by atoms with Crippen LogP contribution in [-0.2, 0) is 4.79 Å². The quantitative estimate of drug-likeness (QED) is 0.736. The van der Waals surface area contributed by atoms with Gasteiger partial charge in [-0.1, -0.05) is 44.2 Å². The van der Waals surface area contributed by atoms with Crippen LogP contribution in [0, 0.1) is 5.41 Å². The van der Waals surface area contributed by atoms with Crippen molar-refractivity contribution in [3.05, 3.63) is 42.5 Å². The van der Waals surface area contributed by atoms with Gasteiger partial charge in [-0.2, -0.15) is 0 Å². The Kier molecular flexibility index (Phi) is 5.99. The average Bonchev–Trinajstić information content (AvgIpc) is 2.60. The van der Waals surface area contributed by atoms with Crippen molar-refractivity contribution in [2.24, 2.45) is 11.1 Å². The van der Waals surface area contributed by atoms with Gasteiger partial charge in [0, 0.05) is 6.54 Å². The molecule has 3 N–H and O–H groups in total. The summed E-state index contributed by atoms with van der Waals surface area (Å²) in [6.07, 6.45) is 1.49. The van der Waals surface area contributed by atoms with Gasteiger partial charge in [-0.3, -0.25) is 4.79 Å². The molecule has 2 rings (SSSR count). The third-order valence-corrected chi connectivity index (χ3v) is 4.60. The lowest BCUT2D eigenvalue weighted by molar-refractivity contribution is -0.131. The van der Waals surface area contributed by atoms with Crippen molar-refractivity contribution >= 4 is 16.7 Å². The van der Waals surface area contributed by atoms with Gasteiger partial charge < -0.3 is 15.8 Å². The second kappa shape index (κ2) is 7.97. The van der Waals surface area contributed by atoms with Gasteiger partial charge >= 0.3 is 0 Å². The molecule has 0 atom stereocenters. The fraction of sp³-hybridized carbons (Fsp3) is 0.421. The molecule has 0 saturated carbocycles. The van der Waals surface area contributed by atoms with E-state index in [1.807, 2.05) is 44.2 Å². The highest BCUT2D eigenvalue weighted by Gasteiger charge is 2.32. The summed E-state index contributed by atoms with van der Waals surface area (Å²) in [4.78, 5) is 12.3. The lowest BCUT2D eigenvalue weighted by Gasteiger charge is -2.28. The number of carbonyl (C=O) groups excluding carboxylic acids is 1. The van der Waals surface area contributed by atoms with Gasteiger partial charge in [0.15, 0.2) is 0 Å². The van der Waals surface area contributed by atoms with Crippen LogP contribution in [0.2, 0.25) is 0 Å². The van der Waals surface area contributed by atoms with Crippen molar-refractivity contribution in [1.82, 2.24) is 5.32 Å². The smallest absolute Gasteiger partial charge is 0.227 e. The predicted octanol–water partition coefficient (Wildman–Crippen LogP) is 3.10. The van der Waals surface area contributed by atoms with E-state index in [0.29, 0.717) is 19.7 Å². The Morgan fingerprint density at radius 1 is 1.13 bits per heavy atom. The fourth-order valence-corrected chi connectivity index (χ4v) is 2.73. The molecule has 4 heteroatoms. The lowest BCUT2D eigenvalue weighted by atomic mass is 9.81. The molecule has 1 amide bonds. The maximum absolute atomic E-state index is 12.3. The predicted molar refractivity (Wildman–Crippen MR) is 94.5 cm³/mol. The summed E-state index contributed by atoms with van der Waals surface area (Å²) in [6, 6.07) is 14.2. The van der Waals surface area contributed by atoms with Crippen LogP contribution in [0.25, 0.3) is 10.8 Å². The van der Waals surface area contributed by atoms with Gasteiger partial charge in [0.2, 0.25) is 5.91 Å². The van der Waals surface area contributed by atoms with E-state index in [1.165, 1.54) is 5.39 Å². The summed E-state index contributed by atoms with van der Waals surface area (Å²) in [7, 11) is 0. The molecule has 0 aromatic heterocycles. The topological polar surface area (TPSA) is 64.4 Å². The number of rotatable bonds is 8. The number of nitrogens with two attached hydrogens (primary N) is 1. The third-order valence-electron chi connectivity index (χ3n) is 4.60. The summed E-state index contributed by atoms with van der Waals surface area (Å²) in [5, 5.41) is 5.27. The number of ether oxygens (including phenoxy) is 1. The van der Waals surface area contributed by atoms with Gasteiger partial charge in [0.25, 0.3) is 0 Å². The van der Waals surface area contributed by atoms with E-state index in [9.17, 15) is 4.79 Å². The normalized spacial score (nSPS) is 11.4. The Hall–Kier alpha value is -2.07. The minimum absolute atomic E-state index is 0.0205. The fourth-order valence-electron chi connectivity index (χ4n) is 2.73. The minimum Gasteiger partial charge on any atom is -0.492 e. The zero-order valence-corrected chi connectivity index (χ0v) is 14.0. The van der Waals surface area contributed by atoms with Gasteiger partial charge in [0.05, 0.1) is 12.0 Å². The molecule has 124 valence electrons. The molecule has 2 aromatic carbocycles. The van der Waals surface area contributed by atoms with E-state index in [1.54, 1.807) is 0 Å². The van der Waals surface area contributed by atoms with Crippen LogP contribution in [0.3, 0.4) is 0 Å². The molecule has 0 unspecified atom stereocenters. The number of benzene rings is 2. The highest BCUT2D eigenvalue weighted by atomic mass is 16.5. The van der Waals surface area contributed by atoms with Gasteiger partial charge in [-0.25, -0.2) is 0 Å². The van der Waals surface area contributed by atoms with Crippen LogP contribution in [0.1, 0.15) is 26.7 Å². The molecule has 0 aliphatic carbocycles. The van der Waals surface area contributed by atoms with Crippen LogP contribution in [0.4, 0.5) is 0 Å². The van der Waals surface area contributed by atoms with E-state index in [2.05, 4.69) is 17.4 Å². The number of amides is 1. The first kappa shape index (κ1) is 17.3. The number of carbonyl (C=O) groups is 1. The van der Waals surface area contributed by atoms with E-state index < -0.39 is 5.41 Å². The van der Waals surface area contributed by atoms with E-state index in [4.69, 9.17) is 10.5 Å². The number of nitrogens with one attached hydrogen (secondary N) is 1. The Labute approximate surface area is 138 Å². The van der Waals surface area contributed by atoms with Gasteiger partial charge in [-0.15, -0.1) is 0 Å². The second-order valence-corrected chi connectivity index (χ2v) is 5.80. The molecule has 4 nitrogen and oxygen atoms in total. The standard InChI is InChI=1S/C19H26N2O2/c1-3-19(4-2,14-20)18(22)21-11-12-23-17-10-9-15-7-5-6-8-16(15)13-17/h5-10,13H,3-4,11-12,14,20H2,1-2H3,(H,21,22). The summed E-state index contributed by atoms with van der Waals surface area (Å²) < 4.78 is 5.73. The average molecular weight is 314 g/mol.